The van der Waals surface area contributed by atoms with E-state index in [1.807, 2.05) is 25.2 Å². The number of nitrogens with one attached hydrogen (secondary N) is 1. The molecule has 3 rings (SSSR count). The van der Waals surface area contributed by atoms with E-state index in [1.54, 1.807) is 18.2 Å². The summed E-state index contributed by atoms with van der Waals surface area (Å²) in [6.07, 6.45) is 1.12. The first-order chi connectivity index (χ1) is 14.3. The van der Waals surface area contributed by atoms with Gasteiger partial charge in [0, 0.05) is 0 Å². The van der Waals surface area contributed by atoms with Gasteiger partial charge in [-0.15, -0.1) is 0 Å². The number of aliphatic imine (C=N–C) groups is 1. The van der Waals surface area contributed by atoms with E-state index in [0.29, 0.717) is 40.1 Å². The summed E-state index contributed by atoms with van der Waals surface area (Å²) >= 11 is 6.08. The number of allylic oxidation sites excluding steroid dienone is 3. The lowest BCUT2D eigenvalue weighted by Gasteiger charge is -2.14. The van der Waals surface area contributed by atoms with Crippen LogP contribution < -0.4 is 5.32 Å². The Morgan fingerprint density at radius 1 is 1.17 bits per heavy atom. The second kappa shape index (κ2) is 9.09. The zero-order chi connectivity index (χ0) is 21.7. The molecule has 1 heterocycles. The van der Waals surface area contributed by atoms with Crippen LogP contribution in [-0.4, -0.2) is 23.2 Å². The van der Waals surface area contributed by atoms with E-state index in [0.717, 1.165) is 12.1 Å². The zero-order valence-corrected chi connectivity index (χ0v) is 16.8. The van der Waals surface area contributed by atoms with Crippen LogP contribution in [-0.2, 0) is 6.18 Å². The maximum absolute atomic E-state index is 12.9. The van der Waals surface area contributed by atoms with Crippen molar-refractivity contribution < 1.29 is 13.2 Å². The number of hydrogen-bond donors (Lipinski definition) is 1. The molecule has 0 unspecified atom stereocenters. The molecule has 1 aromatic heterocycles. The summed E-state index contributed by atoms with van der Waals surface area (Å²) in [6.45, 7) is 5.77. The molecule has 2 aromatic carbocycles. The van der Waals surface area contributed by atoms with Crippen molar-refractivity contribution in [2.75, 3.05) is 11.9 Å². The zero-order valence-electron chi connectivity index (χ0n) is 16.0. The van der Waals surface area contributed by atoms with E-state index in [1.165, 1.54) is 12.1 Å². The quantitative estimate of drug-likeness (QED) is 0.274. The van der Waals surface area contributed by atoms with Crippen LogP contribution in [0.1, 0.15) is 12.5 Å². The SMILES string of the molecule is C=N/C(=C\C=C/C)CNc1nc(Cl)nc2cccc(-c3ccc(C(F)(F)F)cc3)c12. The third-order valence-electron chi connectivity index (χ3n) is 4.34. The van der Waals surface area contributed by atoms with Crippen LogP contribution in [0.15, 0.2) is 71.4 Å². The van der Waals surface area contributed by atoms with Crippen molar-refractivity contribution in [3.8, 4) is 11.1 Å². The molecule has 1 N–H and O–H groups in total. The van der Waals surface area contributed by atoms with E-state index in [-0.39, 0.29) is 5.28 Å². The number of hydrogen-bond acceptors (Lipinski definition) is 4. The van der Waals surface area contributed by atoms with Gasteiger partial charge < -0.3 is 5.32 Å². The molecular formula is C22H18ClF3N4. The Bertz CT molecular complexity index is 1120. The second-order valence-electron chi connectivity index (χ2n) is 6.31. The molecule has 0 fully saturated rings. The normalized spacial score (nSPS) is 12.5. The van der Waals surface area contributed by atoms with Gasteiger partial charge in [0.05, 0.1) is 28.7 Å². The Balaban J connectivity index is 2.07. The van der Waals surface area contributed by atoms with Crippen LogP contribution in [0.25, 0.3) is 22.0 Å². The molecule has 0 aliphatic rings. The van der Waals surface area contributed by atoms with Crippen molar-refractivity contribution >= 4 is 35.0 Å². The highest BCUT2D eigenvalue weighted by molar-refractivity contribution is 6.29. The van der Waals surface area contributed by atoms with Crippen molar-refractivity contribution in [2.24, 2.45) is 4.99 Å². The van der Waals surface area contributed by atoms with Crippen molar-refractivity contribution in [3.63, 3.8) is 0 Å². The standard InChI is InChI=1S/C22H18ClF3N4/c1-3-4-6-16(27-2)13-28-20-19-17(7-5-8-18(19)29-21(23)30-20)14-9-11-15(12-10-14)22(24,25)26/h3-12H,2,13H2,1H3,(H,28,29,30)/b4-3-,16-6-. The molecule has 4 nitrogen and oxygen atoms in total. The maximum Gasteiger partial charge on any atom is 0.416 e. The van der Waals surface area contributed by atoms with Crippen molar-refractivity contribution in [1.29, 1.82) is 0 Å². The van der Waals surface area contributed by atoms with Crippen LogP contribution in [0, 0.1) is 0 Å². The van der Waals surface area contributed by atoms with Crippen LogP contribution in [0.2, 0.25) is 5.28 Å². The number of nitrogens with zero attached hydrogens (tertiary/aromatic N) is 3. The topological polar surface area (TPSA) is 50.2 Å². The Morgan fingerprint density at radius 3 is 2.53 bits per heavy atom. The van der Waals surface area contributed by atoms with Crippen LogP contribution in [0.5, 0.6) is 0 Å². The van der Waals surface area contributed by atoms with Gasteiger partial charge in [0.2, 0.25) is 5.28 Å². The van der Waals surface area contributed by atoms with Crippen LogP contribution in [0.4, 0.5) is 19.0 Å². The maximum atomic E-state index is 12.9. The summed E-state index contributed by atoms with van der Waals surface area (Å²) in [4.78, 5) is 12.5. The predicted octanol–water partition coefficient (Wildman–Crippen LogP) is 6.54. The molecule has 0 spiro atoms. The molecule has 0 aliphatic carbocycles. The van der Waals surface area contributed by atoms with Gasteiger partial charge in [0.15, 0.2) is 0 Å². The van der Waals surface area contributed by atoms with Gasteiger partial charge in [0.25, 0.3) is 0 Å². The Hall–Kier alpha value is -3.19. The Morgan fingerprint density at radius 2 is 1.90 bits per heavy atom. The smallest absolute Gasteiger partial charge is 0.364 e. The van der Waals surface area contributed by atoms with Gasteiger partial charge >= 0.3 is 6.18 Å². The first-order valence-corrected chi connectivity index (χ1v) is 9.37. The largest absolute Gasteiger partial charge is 0.416 e. The minimum atomic E-state index is -4.39. The average Bonchev–Trinajstić information content (AvgIpc) is 2.72. The summed E-state index contributed by atoms with van der Waals surface area (Å²) in [6, 6.07) is 10.3. The summed E-state index contributed by atoms with van der Waals surface area (Å²) in [7, 11) is 0. The van der Waals surface area contributed by atoms with Gasteiger partial charge in [0.1, 0.15) is 5.82 Å². The van der Waals surface area contributed by atoms with Gasteiger partial charge in [-0.3, -0.25) is 4.99 Å². The van der Waals surface area contributed by atoms with Gasteiger partial charge in [-0.1, -0.05) is 36.4 Å². The lowest BCUT2D eigenvalue weighted by Crippen LogP contribution is -2.07. The molecule has 0 saturated heterocycles. The molecule has 8 heteroatoms. The Labute approximate surface area is 176 Å². The summed E-state index contributed by atoms with van der Waals surface area (Å²) in [5.74, 6) is 0.454. The fraction of sp³-hybridized carbons (Fsp3) is 0.136. The molecule has 0 bridgehead atoms. The molecule has 0 atom stereocenters. The van der Waals surface area contributed by atoms with E-state index >= 15 is 0 Å². The second-order valence-corrected chi connectivity index (χ2v) is 6.65. The lowest BCUT2D eigenvalue weighted by atomic mass is 9.99. The van der Waals surface area contributed by atoms with Crippen LogP contribution >= 0.6 is 11.6 Å². The van der Waals surface area contributed by atoms with E-state index in [2.05, 4.69) is 27.0 Å². The molecule has 3 aromatic rings. The minimum absolute atomic E-state index is 0.0557. The number of halogens is 4. The molecule has 30 heavy (non-hydrogen) atoms. The molecule has 0 amide bonds. The molecule has 0 saturated carbocycles. The van der Waals surface area contributed by atoms with Gasteiger partial charge in [-0.25, -0.2) is 9.97 Å². The number of benzene rings is 2. The molecule has 154 valence electrons. The summed E-state index contributed by atoms with van der Waals surface area (Å²) in [5, 5.41) is 3.89. The fourth-order valence-electron chi connectivity index (χ4n) is 2.91. The molecule has 0 radical (unpaired) electrons. The van der Waals surface area contributed by atoms with E-state index in [4.69, 9.17) is 11.6 Å². The predicted molar refractivity (Wildman–Crippen MR) is 116 cm³/mol. The highest BCUT2D eigenvalue weighted by atomic mass is 35.5. The third-order valence-corrected chi connectivity index (χ3v) is 4.51. The number of anilines is 1. The molecule has 0 aliphatic heterocycles. The summed E-state index contributed by atoms with van der Waals surface area (Å²) in [5.41, 5.74) is 1.84. The monoisotopic (exact) mass is 430 g/mol. The lowest BCUT2D eigenvalue weighted by molar-refractivity contribution is -0.137. The van der Waals surface area contributed by atoms with Gasteiger partial charge in [-0.2, -0.15) is 13.2 Å². The third kappa shape index (κ3) is 4.86. The Kier molecular flexibility index (Phi) is 6.52. The average molecular weight is 431 g/mol. The van der Waals surface area contributed by atoms with E-state index < -0.39 is 11.7 Å². The van der Waals surface area contributed by atoms with Crippen molar-refractivity contribution in [2.45, 2.75) is 13.1 Å². The van der Waals surface area contributed by atoms with Gasteiger partial charge in [-0.05, 0) is 60.6 Å². The molecular weight excluding hydrogens is 413 g/mol. The first-order valence-electron chi connectivity index (χ1n) is 9.00. The highest BCUT2D eigenvalue weighted by Gasteiger charge is 2.30. The fourth-order valence-corrected chi connectivity index (χ4v) is 3.09. The van der Waals surface area contributed by atoms with Crippen LogP contribution in [0.3, 0.4) is 0 Å². The highest BCUT2D eigenvalue weighted by Crippen LogP contribution is 2.35. The number of aromatic nitrogens is 2. The number of fused-ring (bicyclic) bond motifs is 1. The minimum Gasteiger partial charge on any atom is -0.364 e. The summed E-state index contributed by atoms with van der Waals surface area (Å²) < 4.78 is 38.7. The van der Waals surface area contributed by atoms with Crippen molar-refractivity contribution in [3.05, 3.63) is 77.2 Å². The van der Waals surface area contributed by atoms with Crippen molar-refractivity contribution in [1.82, 2.24) is 9.97 Å². The van der Waals surface area contributed by atoms with E-state index in [9.17, 15) is 13.2 Å². The number of rotatable bonds is 6. The number of alkyl halides is 3. The first kappa shape index (κ1) is 21.5.